The molecule has 0 amide bonds. The van der Waals surface area contributed by atoms with Gasteiger partial charge in [0.2, 0.25) is 0 Å². The number of carbonyl (C=O) groups is 1. The lowest BCUT2D eigenvalue weighted by atomic mass is 10.2. The van der Waals surface area contributed by atoms with E-state index in [4.69, 9.17) is 20.7 Å². The van der Waals surface area contributed by atoms with Gasteiger partial charge in [0.05, 0.1) is 11.4 Å². The summed E-state index contributed by atoms with van der Waals surface area (Å²) in [6.45, 7) is 1.08. The average molecular weight is 184 g/mol. The number of carboxylic acid groups (broad SMARTS) is 1. The fourth-order valence-electron chi connectivity index (χ4n) is 0.470. The van der Waals surface area contributed by atoms with Crippen LogP contribution in [0.5, 0.6) is 0 Å². The second kappa shape index (κ2) is 6.93. The fourth-order valence-corrected chi connectivity index (χ4v) is 0.470. The molecule has 5 N–H and O–H groups in total. The number of aliphatic carboxylic acids is 1. The van der Waals surface area contributed by atoms with Crippen LogP contribution in [0.1, 0.15) is 6.92 Å². The third kappa shape index (κ3) is 10.2. The highest BCUT2D eigenvalue weighted by Crippen LogP contribution is 1.91. The quantitative estimate of drug-likeness (QED) is 0.473. The molecule has 0 unspecified atom stereocenters. The third-order valence-electron chi connectivity index (χ3n) is 0.885. The summed E-state index contributed by atoms with van der Waals surface area (Å²) in [6.07, 6.45) is 6.40. The van der Waals surface area contributed by atoms with Crippen LogP contribution < -0.4 is 0 Å². The monoisotopic (exact) mass is 184 g/mol. The Hall–Kier alpha value is -1.75. The molecule has 5 heteroatoms. The lowest BCUT2D eigenvalue weighted by Crippen LogP contribution is -1.95. The Kier molecular flexibility index (Phi) is 7.36. The van der Waals surface area contributed by atoms with E-state index in [-0.39, 0.29) is 5.48 Å². The predicted octanol–water partition coefficient (Wildman–Crippen LogP) is 0.418. The van der Waals surface area contributed by atoms with Gasteiger partial charge in [-0.05, 0) is 24.3 Å². The molecule has 0 aliphatic heterocycles. The van der Waals surface area contributed by atoms with Gasteiger partial charge in [-0.25, -0.2) is 0 Å². The zero-order chi connectivity index (χ0) is 9.56. The summed E-state index contributed by atoms with van der Waals surface area (Å²) in [5, 5.41) is 21.4. The van der Waals surface area contributed by atoms with Crippen LogP contribution in [0, 0.1) is 10.8 Å². The lowest BCUT2D eigenvalue weighted by Gasteiger charge is -1.93. The molecular weight excluding hydrogens is 172 g/mol. The summed E-state index contributed by atoms with van der Waals surface area (Å²) in [7, 11) is 0. The predicted molar refractivity (Wildman–Crippen MR) is 50.7 cm³/mol. The van der Waals surface area contributed by atoms with Crippen LogP contribution in [0.2, 0.25) is 0 Å². The molecule has 5 nitrogen and oxygen atoms in total. The van der Waals surface area contributed by atoms with Crippen molar-refractivity contribution in [3.8, 4) is 0 Å². The number of carboxylic acids is 1. The summed E-state index contributed by atoms with van der Waals surface area (Å²) in [6, 6.07) is 0. The molecule has 0 aromatic rings. The van der Waals surface area contributed by atoms with Crippen molar-refractivity contribution in [1.82, 2.24) is 0 Å². The third-order valence-corrected chi connectivity index (χ3v) is 0.885. The molecule has 0 saturated heterocycles. The normalized spacial score (nSPS) is 12.7. The Bertz CT molecular complexity index is 225. The van der Waals surface area contributed by atoms with Crippen molar-refractivity contribution in [1.29, 1.82) is 10.8 Å². The van der Waals surface area contributed by atoms with Gasteiger partial charge in [-0.3, -0.25) is 4.79 Å². The molecule has 0 atom stereocenters. The van der Waals surface area contributed by atoms with Gasteiger partial charge in [-0.1, -0.05) is 0 Å². The first-order valence-corrected chi connectivity index (χ1v) is 3.25. The molecule has 0 aromatic carbocycles. The molecule has 0 bridgehead atoms. The Labute approximate surface area is 75.7 Å². The maximum absolute atomic E-state index is 9.00. The van der Waals surface area contributed by atoms with Crippen LogP contribution in [0.15, 0.2) is 24.3 Å². The van der Waals surface area contributed by atoms with Crippen molar-refractivity contribution in [2.45, 2.75) is 6.92 Å². The Morgan fingerprint density at radius 3 is 1.46 bits per heavy atom. The van der Waals surface area contributed by atoms with Gasteiger partial charge in [0.15, 0.2) is 0 Å². The molecule has 0 fully saturated rings. The first-order valence-electron chi connectivity index (χ1n) is 3.25. The first-order chi connectivity index (χ1) is 5.52. The molecule has 13 heavy (non-hydrogen) atoms. The highest BCUT2D eigenvalue weighted by atomic mass is 16.4. The molecular formula is C8H12N2O3. The van der Waals surface area contributed by atoms with E-state index in [1.165, 1.54) is 0 Å². The van der Waals surface area contributed by atoms with E-state index in [0.717, 1.165) is 6.92 Å². The molecule has 1 aliphatic carbocycles. The standard InChI is InChI=1S/C6H6N2.C2H4O2.H2O/c7-5-1-2-6(8)4-3-5;1-2(3)4;/h1-4,7-8H;1H3,(H,3,4);1H2. The van der Waals surface area contributed by atoms with Crippen LogP contribution in [-0.2, 0) is 4.79 Å². The minimum absolute atomic E-state index is 0. The molecule has 0 heterocycles. The van der Waals surface area contributed by atoms with E-state index in [9.17, 15) is 0 Å². The molecule has 0 saturated carbocycles. The minimum Gasteiger partial charge on any atom is -0.481 e. The Morgan fingerprint density at radius 2 is 1.31 bits per heavy atom. The molecule has 1 rings (SSSR count). The Morgan fingerprint density at radius 1 is 1.15 bits per heavy atom. The molecule has 1 aliphatic rings. The van der Waals surface area contributed by atoms with Gasteiger partial charge in [-0.2, -0.15) is 0 Å². The largest absolute Gasteiger partial charge is 0.481 e. The summed E-state index contributed by atoms with van der Waals surface area (Å²) in [4.78, 5) is 9.00. The number of hydrogen-bond donors (Lipinski definition) is 3. The van der Waals surface area contributed by atoms with Gasteiger partial charge in [-0.15, -0.1) is 0 Å². The van der Waals surface area contributed by atoms with E-state index in [1.807, 2.05) is 0 Å². The zero-order valence-corrected chi connectivity index (χ0v) is 7.16. The zero-order valence-electron chi connectivity index (χ0n) is 7.16. The number of rotatable bonds is 0. The van der Waals surface area contributed by atoms with Crippen LogP contribution in [0.25, 0.3) is 0 Å². The fraction of sp³-hybridized carbons (Fsp3) is 0.125. The minimum atomic E-state index is -0.833. The lowest BCUT2D eigenvalue weighted by molar-refractivity contribution is -0.134. The van der Waals surface area contributed by atoms with Gasteiger partial charge in [0.25, 0.3) is 5.97 Å². The van der Waals surface area contributed by atoms with E-state index < -0.39 is 5.97 Å². The van der Waals surface area contributed by atoms with E-state index >= 15 is 0 Å². The van der Waals surface area contributed by atoms with Gasteiger partial charge in [0, 0.05) is 6.92 Å². The molecule has 0 spiro atoms. The molecule has 0 radical (unpaired) electrons. The van der Waals surface area contributed by atoms with E-state index in [1.54, 1.807) is 24.3 Å². The highest BCUT2D eigenvalue weighted by molar-refractivity contribution is 6.16. The van der Waals surface area contributed by atoms with Crippen molar-refractivity contribution in [2.75, 3.05) is 0 Å². The first kappa shape index (κ1) is 13.8. The van der Waals surface area contributed by atoms with Gasteiger partial charge >= 0.3 is 0 Å². The SMILES string of the molecule is CC(=O)O.N=C1C=CC(=N)C=C1.O. The Balaban J connectivity index is 0. The number of allylic oxidation sites excluding steroid dienone is 4. The smallest absolute Gasteiger partial charge is 0.300 e. The van der Waals surface area contributed by atoms with Crippen LogP contribution in [0.3, 0.4) is 0 Å². The van der Waals surface area contributed by atoms with Crippen molar-refractivity contribution >= 4 is 17.4 Å². The summed E-state index contributed by atoms with van der Waals surface area (Å²) >= 11 is 0. The van der Waals surface area contributed by atoms with Crippen LogP contribution in [0.4, 0.5) is 0 Å². The summed E-state index contributed by atoms with van der Waals surface area (Å²) in [5.74, 6) is -0.833. The van der Waals surface area contributed by atoms with Crippen molar-refractivity contribution in [3.63, 3.8) is 0 Å². The highest BCUT2D eigenvalue weighted by Gasteiger charge is 1.91. The topological polar surface area (TPSA) is 116 Å². The average Bonchev–Trinajstić information content (AvgIpc) is 1.94. The maximum atomic E-state index is 9.00. The van der Waals surface area contributed by atoms with Crippen molar-refractivity contribution in [2.24, 2.45) is 0 Å². The van der Waals surface area contributed by atoms with Gasteiger partial charge in [0.1, 0.15) is 0 Å². The summed E-state index contributed by atoms with van der Waals surface area (Å²) < 4.78 is 0. The maximum Gasteiger partial charge on any atom is 0.300 e. The van der Waals surface area contributed by atoms with Crippen molar-refractivity contribution < 1.29 is 15.4 Å². The van der Waals surface area contributed by atoms with Crippen molar-refractivity contribution in [3.05, 3.63) is 24.3 Å². The van der Waals surface area contributed by atoms with Gasteiger partial charge < -0.3 is 21.4 Å². The molecule has 0 aromatic heterocycles. The summed E-state index contributed by atoms with van der Waals surface area (Å²) in [5.41, 5.74) is 0.919. The van der Waals surface area contributed by atoms with E-state index in [0.29, 0.717) is 11.4 Å². The second-order valence-corrected chi connectivity index (χ2v) is 2.10. The van der Waals surface area contributed by atoms with E-state index in [2.05, 4.69) is 0 Å². The van der Waals surface area contributed by atoms with Crippen LogP contribution >= 0.6 is 0 Å². The van der Waals surface area contributed by atoms with Crippen LogP contribution in [-0.4, -0.2) is 28.0 Å². The number of hydrogen-bond acceptors (Lipinski definition) is 3. The second-order valence-electron chi connectivity index (χ2n) is 2.10. The number of nitrogens with one attached hydrogen (secondary N) is 2. The molecule has 72 valence electrons.